The smallest absolute Gasteiger partial charge is 0.119 e. The molecule has 0 fully saturated rings. The van der Waals surface area contributed by atoms with Gasteiger partial charge in [0.1, 0.15) is 18.5 Å². The average Bonchev–Trinajstić information content (AvgIpc) is 2.61. The van der Waals surface area contributed by atoms with Crippen LogP contribution < -0.4 is 10.1 Å². The van der Waals surface area contributed by atoms with Gasteiger partial charge in [0.25, 0.3) is 0 Å². The van der Waals surface area contributed by atoms with E-state index in [0.717, 1.165) is 12.2 Å². The quantitative estimate of drug-likeness (QED) is 0.607. The Morgan fingerprint density at radius 3 is 2.26 bits per heavy atom. The van der Waals surface area contributed by atoms with Crippen molar-refractivity contribution < 1.29 is 9.84 Å². The molecule has 0 bridgehead atoms. The molecule has 0 aliphatic carbocycles. The number of ether oxygens (including phenoxy) is 1. The van der Waals surface area contributed by atoms with Crippen molar-refractivity contribution >= 4 is 12.4 Å². The topological polar surface area (TPSA) is 41.5 Å². The van der Waals surface area contributed by atoms with Gasteiger partial charge in [-0.2, -0.15) is 0 Å². The first kappa shape index (κ1) is 23.5. The number of aryl methyl sites for hydroxylation is 2. The van der Waals surface area contributed by atoms with E-state index >= 15 is 0 Å². The van der Waals surface area contributed by atoms with E-state index in [1.54, 1.807) is 0 Å². The molecule has 0 amide bonds. The molecule has 2 aromatic rings. The summed E-state index contributed by atoms with van der Waals surface area (Å²) in [5, 5.41) is 13.7. The number of aliphatic hydroxyl groups excluding tert-OH is 1. The minimum Gasteiger partial charge on any atom is -0.491 e. The summed E-state index contributed by atoms with van der Waals surface area (Å²) >= 11 is 0. The molecule has 3 nitrogen and oxygen atoms in total. The van der Waals surface area contributed by atoms with E-state index in [0.29, 0.717) is 12.5 Å². The Morgan fingerprint density at radius 2 is 1.70 bits per heavy atom. The van der Waals surface area contributed by atoms with Gasteiger partial charge in [0.2, 0.25) is 0 Å². The van der Waals surface area contributed by atoms with Crippen LogP contribution in [0.4, 0.5) is 0 Å². The maximum absolute atomic E-state index is 10.3. The van der Waals surface area contributed by atoms with Gasteiger partial charge in [0, 0.05) is 12.6 Å². The lowest BCUT2D eigenvalue weighted by molar-refractivity contribution is 0.103. The van der Waals surface area contributed by atoms with Crippen molar-refractivity contribution in [1.82, 2.24) is 5.32 Å². The second-order valence-corrected chi connectivity index (χ2v) is 7.42. The lowest BCUT2D eigenvalue weighted by Gasteiger charge is -2.20. The Morgan fingerprint density at radius 1 is 1.04 bits per heavy atom. The molecule has 0 spiro atoms. The molecule has 2 atom stereocenters. The summed E-state index contributed by atoms with van der Waals surface area (Å²) < 4.78 is 5.78. The van der Waals surface area contributed by atoms with Crippen LogP contribution in [0.25, 0.3) is 0 Å². The van der Waals surface area contributed by atoms with E-state index in [1.807, 2.05) is 6.07 Å². The van der Waals surface area contributed by atoms with Crippen LogP contribution in [0.5, 0.6) is 5.75 Å². The van der Waals surface area contributed by atoms with E-state index in [2.05, 4.69) is 76.3 Å². The van der Waals surface area contributed by atoms with E-state index in [1.165, 1.54) is 22.3 Å². The molecule has 27 heavy (non-hydrogen) atoms. The molecule has 2 unspecified atom stereocenters. The molecule has 0 radical (unpaired) electrons. The zero-order valence-electron chi connectivity index (χ0n) is 17.2. The molecular formula is C23H34ClNO2. The Labute approximate surface area is 170 Å². The predicted octanol–water partition coefficient (Wildman–Crippen LogP) is 5.33. The van der Waals surface area contributed by atoms with Crippen molar-refractivity contribution in [2.24, 2.45) is 0 Å². The van der Waals surface area contributed by atoms with Gasteiger partial charge in [-0.05, 0) is 55.0 Å². The third-order valence-corrected chi connectivity index (χ3v) is 4.79. The zero-order valence-corrected chi connectivity index (χ0v) is 18.0. The first-order valence-corrected chi connectivity index (χ1v) is 9.62. The Kier molecular flexibility index (Phi) is 9.86. The molecule has 0 saturated heterocycles. The zero-order chi connectivity index (χ0) is 19.1. The van der Waals surface area contributed by atoms with Gasteiger partial charge in [0.05, 0.1) is 0 Å². The largest absolute Gasteiger partial charge is 0.491 e. The van der Waals surface area contributed by atoms with Gasteiger partial charge in [-0.25, -0.2) is 0 Å². The van der Waals surface area contributed by atoms with Crippen molar-refractivity contribution in [2.75, 3.05) is 13.2 Å². The van der Waals surface area contributed by atoms with Gasteiger partial charge < -0.3 is 15.2 Å². The minimum atomic E-state index is -0.542. The molecule has 0 aliphatic rings. The van der Waals surface area contributed by atoms with Crippen LogP contribution in [0.2, 0.25) is 0 Å². The summed E-state index contributed by atoms with van der Waals surface area (Å²) in [6.07, 6.45) is 0.437. The van der Waals surface area contributed by atoms with Gasteiger partial charge >= 0.3 is 0 Å². The molecule has 2 rings (SSSR count). The third kappa shape index (κ3) is 7.17. The standard InChI is InChI=1S/C23H33NO2.ClH/c1-6-23(19-9-7-17(4)8-10-19)24-14-20(25)15-26-21-11-12-22(16(2)3)18(5)13-21;/h7-13,16,20,23-25H,6,14-15H2,1-5H3;1H. The second kappa shape index (κ2) is 11.3. The first-order valence-electron chi connectivity index (χ1n) is 9.62. The summed E-state index contributed by atoms with van der Waals surface area (Å²) in [4.78, 5) is 0. The van der Waals surface area contributed by atoms with Crippen LogP contribution in [0, 0.1) is 13.8 Å². The number of benzene rings is 2. The fourth-order valence-electron chi connectivity index (χ4n) is 3.21. The highest BCUT2D eigenvalue weighted by Gasteiger charge is 2.12. The third-order valence-electron chi connectivity index (χ3n) is 4.79. The van der Waals surface area contributed by atoms with Gasteiger partial charge in [-0.3, -0.25) is 0 Å². The van der Waals surface area contributed by atoms with Crippen molar-refractivity contribution in [2.45, 2.75) is 59.1 Å². The number of rotatable bonds is 9. The summed E-state index contributed by atoms with van der Waals surface area (Å²) in [6, 6.07) is 15.0. The second-order valence-electron chi connectivity index (χ2n) is 7.42. The van der Waals surface area contributed by atoms with Crippen molar-refractivity contribution in [1.29, 1.82) is 0 Å². The van der Waals surface area contributed by atoms with Crippen LogP contribution in [-0.2, 0) is 0 Å². The summed E-state index contributed by atoms with van der Waals surface area (Å²) in [6.45, 7) is 11.5. The molecular weight excluding hydrogens is 358 g/mol. The molecule has 0 aromatic heterocycles. The van der Waals surface area contributed by atoms with Gasteiger partial charge in [0.15, 0.2) is 0 Å². The fraction of sp³-hybridized carbons (Fsp3) is 0.478. The maximum Gasteiger partial charge on any atom is 0.119 e. The lowest BCUT2D eigenvalue weighted by atomic mass is 9.98. The first-order chi connectivity index (χ1) is 12.4. The van der Waals surface area contributed by atoms with Crippen LogP contribution in [0.3, 0.4) is 0 Å². The number of aliphatic hydroxyl groups is 1. The molecule has 0 heterocycles. The number of halogens is 1. The van der Waals surface area contributed by atoms with Crippen molar-refractivity contribution in [3.63, 3.8) is 0 Å². The van der Waals surface area contributed by atoms with E-state index < -0.39 is 6.10 Å². The van der Waals surface area contributed by atoms with E-state index in [4.69, 9.17) is 4.74 Å². The highest BCUT2D eigenvalue weighted by atomic mass is 35.5. The van der Waals surface area contributed by atoms with Crippen LogP contribution in [0.1, 0.15) is 61.4 Å². The van der Waals surface area contributed by atoms with Crippen molar-refractivity contribution in [3.05, 3.63) is 64.7 Å². The van der Waals surface area contributed by atoms with Crippen molar-refractivity contribution in [3.8, 4) is 5.75 Å². The van der Waals surface area contributed by atoms with E-state index in [-0.39, 0.29) is 25.1 Å². The summed E-state index contributed by atoms with van der Waals surface area (Å²) in [5.41, 5.74) is 5.08. The Bertz CT molecular complexity index is 685. The summed E-state index contributed by atoms with van der Waals surface area (Å²) in [5.74, 6) is 1.32. The molecule has 2 aromatic carbocycles. The fourth-order valence-corrected chi connectivity index (χ4v) is 3.21. The lowest BCUT2D eigenvalue weighted by Crippen LogP contribution is -2.33. The highest BCUT2D eigenvalue weighted by Crippen LogP contribution is 2.23. The van der Waals surface area contributed by atoms with Crippen LogP contribution in [0.15, 0.2) is 42.5 Å². The maximum atomic E-state index is 10.3. The summed E-state index contributed by atoms with van der Waals surface area (Å²) in [7, 11) is 0. The SMILES string of the molecule is CCC(NCC(O)COc1ccc(C(C)C)c(C)c1)c1ccc(C)cc1.Cl. The normalized spacial score (nSPS) is 13.1. The highest BCUT2D eigenvalue weighted by molar-refractivity contribution is 5.85. The molecule has 2 N–H and O–H groups in total. The minimum absolute atomic E-state index is 0. The number of nitrogens with one attached hydrogen (secondary N) is 1. The molecule has 0 saturated carbocycles. The van der Waals surface area contributed by atoms with Gasteiger partial charge in [-0.1, -0.05) is 56.7 Å². The molecule has 4 heteroatoms. The molecule has 150 valence electrons. The molecule has 0 aliphatic heterocycles. The van der Waals surface area contributed by atoms with Crippen LogP contribution >= 0.6 is 12.4 Å². The van der Waals surface area contributed by atoms with Crippen LogP contribution in [-0.4, -0.2) is 24.4 Å². The van der Waals surface area contributed by atoms with Gasteiger partial charge in [-0.15, -0.1) is 12.4 Å². The monoisotopic (exact) mass is 391 g/mol. The Balaban J connectivity index is 0.00000364. The number of hydrogen-bond donors (Lipinski definition) is 2. The predicted molar refractivity (Wildman–Crippen MR) is 116 cm³/mol. The number of hydrogen-bond acceptors (Lipinski definition) is 3. The van der Waals surface area contributed by atoms with E-state index in [9.17, 15) is 5.11 Å². The average molecular weight is 392 g/mol. The Hall–Kier alpha value is -1.55.